The molecule has 12 heteroatoms. The van der Waals surface area contributed by atoms with E-state index in [4.69, 9.17) is 23.2 Å². The maximum absolute atomic E-state index is 13.8. The molecule has 2 aromatic carbocycles. The first-order valence-electron chi connectivity index (χ1n) is 12.7. The highest BCUT2D eigenvalue weighted by Crippen LogP contribution is 2.37. The van der Waals surface area contributed by atoms with Crippen LogP contribution >= 0.6 is 23.2 Å². The van der Waals surface area contributed by atoms with E-state index >= 15 is 0 Å². The van der Waals surface area contributed by atoms with Crippen molar-refractivity contribution in [3.8, 4) is 6.07 Å². The second kappa shape index (κ2) is 10.7. The lowest BCUT2D eigenvalue weighted by atomic mass is 10.0. The molecule has 0 saturated carbocycles. The van der Waals surface area contributed by atoms with E-state index < -0.39 is 11.9 Å². The quantitative estimate of drug-likeness (QED) is 0.202. The van der Waals surface area contributed by atoms with Gasteiger partial charge in [-0.05, 0) is 56.3 Å². The molecule has 6 rings (SSSR count). The van der Waals surface area contributed by atoms with Crippen LogP contribution in [0.3, 0.4) is 0 Å². The molecule has 6 aromatic rings. The number of aromatic nitrogens is 6. The van der Waals surface area contributed by atoms with E-state index in [1.165, 1.54) is 18.3 Å². The van der Waals surface area contributed by atoms with Crippen molar-refractivity contribution in [2.75, 3.05) is 10.6 Å². The van der Waals surface area contributed by atoms with Crippen molar-refractivity contribution in [3.63, 3.8) is 0 Å². The number of anilines is 3. The van der Waals surface area contributed by atoms with E-state index in [0.29, 0.717) is 38.7 Å². The number of halogens is 3. The van der Waals surface area contributed by atoms with Gasteiger partial charge in [0.2, 0.25) is 0 Å². The van der Waals surface area contributed by atoms with E-state index in [0.717, 1.165) is 11.1 Å². The molecule has 4 aromatic heterocycles. The number of hydrogen-bond acceptors (Lipinski definition) is 7. The fourth-order valence-corrected chi connectivity index (χ4v) is 5.10. The smallest absolute Gasteiger partial charge is 0.141 e. The number of hydrogen-bond donors (Lipinski definition) is 2. The molecular formula is C29H22Cl2FN9. The third kappa shape index (κ3) is 5.01. The van der Waals surface area contributed by atoms with Gasteiger partial charge in [-0.2, -0.15) is 10.4 Å². The minimum Gasteiger partial charge on any atom is -0.373 e. The molecule has 1 atom stereocenters. The van der Waals surface area contributed by atoms with E-state index in [-0.39, 0.29) is 16.6 Å². The molecular weight excluding hydrogens is 564 g/mol. The Hall–Kier alpha value is -4.72. The number of nitrogens with zero attached hydrogens (tertiary/aromatic N) is 7. The Labute approximate surface area is 244 Å². The first-order chi connectivity index (χ1) is 19.8. The number of benzene rings is 2. The molecule has 0 fully saturated rings. The van der Waals surface area contributed by atoms with Crippen LogP contribution in [0.15, 0.2) is 73.3 Å². The van der Waals surface area contributed by atoms with Crippen molar-refractivity contribution < 1.29 is 4.39 Å². The topological polar surface area (TPSA) is 109 Å². The zero-order chi connectivity index (χ0) is 28.7. The highest BCUT2D eigenvalue weighted by molar-refractivity contribution is 6.36. The molecule has 0 aliphatic carbocycles. The molecule has 0 saturated heterocycles. The molecule has 0 bridgehead atoms. The Bertz CT molecular complexity index is 1960. The number of pyridine rings is 2. The second-order valence-corrected chi connectivity index (χ2v) is 10.5. The second-order valence-electron chi connectivity index (χ2n) is 9.69. The predicted molar refractivity (Wildman–Crippen MR) is 157 cm³/mol. The van der Waals surface area contributed by atoms with Gasteiger partial charge in [0.15, 0.2) is 0 Å². The summed E-state index contributed by atoms with van der Waals surface area (Å²) in [7, 11) is 0. The van der Waals surface area contributed by atoms with Gasteiger partial charge in [0.05, 0.1) is 44.6 Å². The van der Waals surface area contributed by atoms with Gasteiger partial charge in [-0.3, -0.25) is 4.98 Å². The van der Waals surface area contributed by atoms with Crippen molar-refractivity contribution in [3.05, 3.63) is 106 Å². The number of nitriles is 1. The normalized spacial score (nSPS) is 12.1. The number of rotatable bonds is 7. The standard InChI is InChI=1S/C29H22Cl2FN9/c1-16(2)41-15-25(38-39-41)29(20-4-3-9-40-26(20)7-8-35-40)37-19-10-21-27(36-18-5-6-24(32)22(30)11-18)17(13-33)14-34-28(21)23(31)12-19/h3-12,14-16,29,37H,1-2H3,(H,34,36)/t29-/m0/s1. The van der Waals surface area contributed by atoms with Gasteiger partial charge in [0, 0.05) is 47.0 Å². The molecule has 2 N–H and O–H groups in total. The summed E-state index contributed by atoms with van der Waals surface area (Å²) in [5, 5.41) is 30.8. The number of fused-ring (bicyclic) bond motifs is 2. The fourth-order valence-electron chi connectivity index (χ4n) is 4.65. The predicted octanol–water partition coefficient (Wildman–Crippen LogP) is 7.32. The third-order valence-electron chi connectivity index (χ3n) is 6.68. The van der Waals surface area contributed by atoms with E-state index in [1.807, 2.05) is 50.5 Å². The van der Waals surface area contributed by atoms with Gasteiger partial charge in [-0.15, -0.1) is 5.10 Å². The van der Waals surface area contributed by atoms with Crippen molar-refractivity contribution in [2.45, 2.75) is 25.9 Å². The summed E-state index contributed by atoms with van der Waals surface area (Å²) in [5.74, 6) is -0.541. The van der Waals surface area contributed by atoms with Crippen LogP contribution < -0.4 is 10.6 Å². The zero-order valence-corrected chi connectivity index (χ0v) is 23.4. The van der Waals surface area contributed by atoms with E-state index in [1.54, 1.807) is 27.5 Å². The van der Waals surface area contributed by atoms with Crippen molar-refractivity contribution in [1.29, 1.82) is 5.26 Å². The van der Waals surface area contributed by atoms with Crippen LogP contribution in [0.2, 0.25) is 10.0 Å². The summed E-state index contributed by atoms with van der Waals surface area (Å²) in [6.45, 7) is 4.06. The third-order valence-corrected chi connectivity index (χ3v) is 7.26. The summed E-state index contributed by atoms with van der Waals surface area (Å²) < 4.78 is 17.4. The van der Waals surface area contributed by atoms with Crippen molar-refractivity contribution in [1.82, 2.24) is 29.6 Å². The molecule has 41 heavy (non-hydrogen) atoms. The van der Waals surface area contributed by atoms with Gasteiger partial charge in [0.25, 0.3) is 0 Å². The molecule has 0 radical (unpaired) electrons. The van der Waals surface area contributed by atoms with Crippen molar-refractivity contribution in [2.24, 2.45) is 0 Å². The van der Waals surface area contributed by atoms with E-state index in [2.05, 4.69) is 37.1 Å². The minimum absolute atomic E-state index is 0.0430. The summed E-state index contributed by atoms with van der Waals surface area (Å²) in [5.41, 5.74) is 4.94. The van der Waals surface area contributed by atoms with Crippen LogP contribution in [0.1, 0.15) is 42.8 Å². The molecule has 9 nitrogen and oxygen atoms in total. The summed E-state index contributed by atoms with van der Waals surface area (Å²) in [6, 6.07) is 15.6. The van der Waals surface area contributed by atoms with Crippen LogP contribution in [-0.4, -0.2) is 29.6 Å². The van der Waals surface area contributed by atoms with Crippen LogP contribution in [0, 0.1) is 17.1 Å². The lowest BCUT2D eigenvalue weighted by Crippen LogP contribution is -2.14. The Morgan fingerprint density at radius 1 is 1.05 bits per heavy atom. The Balaban J connectivity index is 1.49. The van der Waals surface area contributed by atoms with Gasteiger partial charge < -0.3 is 10.6 Å². The van der Waals surface area contributed by atoms with Gasteiger partial charge in [-0.1, -0.05) is 34.5 Å². The average molecular weight is 586 g/mol. The lowest BCUT2D eigenvalue weighted by Gasteiger charge is -2.21. The molecule has 204 valence electrons. The number of nitrogens with one attached hydrogen (secondary N) is 2. The Kier molecular flexibility index (Phi) is 6.91. The van der Waals surface area contributed by atoms with Crippen LogP contribution in [0.25, 0.3) is 16.4 Å². The summed E-state index contributed by atoms with van der Waals surface area (Å²) in [6.07, 6.45) is 6.97. The van der Waals surface area contributed by atoms with Gasteiger partial charge in [0.1, 0.15) is 17.6 Å². The molecule has 0 unspecified atom stereocenters. The van der Waals surface area contributed by atoms with Crippen molar-refractivity contribution >= 4 is 56.7 Å². The largest absolute Gasteiger partial charge is 0.373 e. The molecule has 0 aliphatic rings. The van der Waals surface area contributed by atoms with Crippen LogP contribution in [-0.2, 0) is 0 Å². The molecule has 0 aliphatic heterocycles. The lowest BCUT2D eigenvalue weighted by molar-refractivity contribution is 0.514. The summed E-state index contributed by atoms with van der Waals surface area (Å²) >= 11 is 12.8. The molecule has 0 spiro atoms. The van der Waals surface area contributed by atoms with Crippen LogP contribution in [0.4, 0.5) is 21.5 Å². The first-order valence-corrected chi connectivity index (χ1v) is 13.4. The maximum Gasteiger partial charge on any atom is 0.141 e. The maximum atomic E-state index is 13.8. The minimum atomic E-state index is -0.541. The highest BCUT2D eigenvalue weighted by Gasteiger charge is 2.23. The van der Waals surface area contributed by atoms with Gasteiger partial charge in [-0.25, -0.2) is 13.6 Å². The average Bonchev–Trinajstić information content (AvgIpc) is 3.64. The van der Waals surface area contributed by atoms with E-state index in [9.17, 15) is 9.65 Å². The highest BCUT2D eigenvalue weighted by atomic mass is 35.5. The Morgan fingerprint density at radius 3 is 2.63 bits per heavy atom. The zero-order valence-electron chi connectivity index (χ0n) is 21.8. The summed E-state index contributed by atoms with van der Waals surface area (Å²) in [4.78, 5) is 4.43. The first kappa shape index (κ1) is 26.5. The molecule has 0 amide bonds. The monoisotopic (exact) mass is 585 g/mol. The van der Waals surface area contributed by atoms with Crippen LogP contribution in [0.5, 0.6) is 0 Å². The van der Waals surface area contributed by atoms with Gasteiger partial charge >= 0.3 is 0 Å². The SMILES string of the molecule is CC(C)n1cc([C@@H](Nc2cc(Cl)c3ncc(C#N)c(Nc4ccc(F)c(Cl)c4)c3c2)c2cccn3nccc23)nn1. The Morgan fingerprint density at radius 2 is 1.88 bits per heavy atom. The molecule has 4 heterocycles. The fraction of sp³-hybridized carbons (Fsp3) is 0.138.